The molecule has 2 aromatic heterocycles. The smallest absolute Gasteiger partial charge is 0.130 e. The van der Waals surface area contributed by atoms with E-state index in [-0.39, 0.29) is 6.04 Å². The minimum atomic E-state index is 0.216. The number of hydrogen-bond acceptors (Lipinski definition) is 5. The van der Waals surface area contributed by atoms with Gasteiger partial charge in [0.05, 0.1) is 17.9 Å². The van der Waals surface area contributed by atoms with Crippen LogP contribution in [-0.4, -0.2) is 25.8 Å². The number of aryl methyl sites for hydroxylation is 3. The molecule has 3 N–H and O–H groups in total. The first kappa shape index (κ1) is 14.5. The number of hydrogen-bond donors (Lipinski definition) is 2. The van der Waals surface area contributed by atoms with Crippen molar-refractivity contribution >= 4 is 5.82 Å². The van der Waals surface area contributed by atoms with E-state index < -0.39 is 0 Å². The van der Waals surface area contributed by atoms with Crippen LogP contribution < -0.4 is 11.1 Å². The molecule has 108 valence electrons. The first-order valence-electron chi connectivity index (χ1n) is 6.80. The Morgan fingerprint density at radius 2 is 2.00 bits per heavy atom. The zero-order valence-electron chi connectivity index (χ0n) is 12.5. The Hall–Kier alpha value is -1.95. The summed E-state index contributed by atoms with van der Waals surface area (Å²) in [4.78, 5) is 8.65. The van der Waals surface area contributed by atoms with Crippen molar-refractivity contribution in [2.75, 3.05) is 5.32 Å². The van der Waals surface area contributed by atoms with Gasteiger partial charge in [-0.15, -0.1) is 0 Å². The third-order valence-corrected chi connectivity index (χ3v) is 3.04. The first-order valence-corrected chi connectivity index (χ1v) is 6.80. The van der Waals surface area contributed by atoms with Crippen molar-refractivity contribution < 1.29 is 0 Å². The molecule has 2 aromatic rings. The predicted molar refractivity (Wildman–Crippen MR) is 79.4 cm³/mol. The Labute approximate surface area is 119 Å². The van der Waals surface area contributed by atoms with Gasteiger partial charge in [-0.1, -0.05) is 0 Å². The van der Waals surface area contributed by atoms with Crippen molar-refractivity contribution in [1.29, 1.82) is 0 Å². The molecule has 0 aliphatic carbocycles. The molecule has 0 radical (unpaired) electrons. The van der Waals surface area contributed by atoms with E-state index in [1.165, 1.54) is 0 Å². The Bertz CT molecular complexity index is 589. The lowest BCUT2D eigenvalue weighted by Gasteiger charge is -2.16. The highest BCUT2D eigenvalue weighted by atomic mass is 15.3. The molecule has 0 spiro atoms. The summed E-state index contributed by atoms with van der Waals surface area (Å²) in [7, 11) is 0. The zero-order chi connectivity index (χ0) is 14.7. The highest BCUT2D eigenvalue weighted by molar-refractivity contribution is 5.37. The Morgan fingerprint density at radius 3 is 2.60 bits per heavy atom. The molecule has 0 aromatic carbocycles. The van der Waals surface area contributed by atoms with Crippen molar-refractivity contribution in [3.05, 3.63) is 35.0 Å². The van der Waals surface area contributed by atoms with E-state index >= 15 is 0 Å². The Kier molecular flexibility index (Phi) is 4.34. The number of rotatable bonds is 5. The molecule has 0 aliphatic heterocycles. The lowest BCUT2D eigenvalue weighted by atomic mass is 10.3. The van der Waals surface area contributed by atoms with Crippen molar-refractivity contribution in [1.82, 2.24) is 19.7 Å². The van der Waals surface area contributed by atoms with Crippen LogP contribution in [0.25, 0.3) is 0 Å². The molecule has 0 saturated carbocycles. The van der Waals surface area contributed by atoms with Gasteiger partial charge in [-0.05, 0) is 33.8 Å². The van der Waals surface area contributed by atoms with Crippen LogP contribution in [0.4, 0.5) is 5.82 Å². The van der Waals surface area contributed by atoms with Crippen LogP contribution in [0.3, 0.4) is 0 Å². The lowest BCUT2D eigenvalue weighted by molar-refractivity contribution is 0.544. The van der Waals surface area contributed by atoms with Crippen LogP contribution in [0, 0.1) is 20.8 Å². The third kappa shape index (κ3) is 3.54. The van der Waals surface area contributed by atoms with Gasteiger partial charge in [0.25, 0.3) is 0 Å². The van der Waals surface area contributed by atoms with Crippen LogP contribution >= 0.6 is 0 Å². The molecule has 0 fully saturated rings. The second-order valence-electron chi connectivity index (χ2n) is 5.15. The monoisotopic (exact) mass is 274 g/mol. The van der Waals surface area contributed by atoms with Gasteiger partial charge >= 0.3 is 0 Å². The summed E-state index contributed by atoms with van der Waals surface area (Å²) in [5.74, 6) is 1.54. The van der Waals surface area contributed by atoms with Crippen molar-refractivity contribution in [3.8, 4) is 0 Å². The summed E-state index contributed by atoms with van der Waals surface area (Å²) < 4.78 is 2.00. The summed E-state index contributed by atoms with van der Waals surface area (Å²) in [6.45, 7) is 9.26. The fraction of sp³-hybridized carbons (Fsp3) is 0.500. The van der Waals surface area contributed by atoms with Crippen LogP contribution in [0.5, 0.6) is 0 Å². The van der Waals surface area contributed by atoms with Crippen LogP contribution in [0.15, 0.2) is 12.1 Å². The largest absolute Gasteiger partial charge is 0.366 e. The highest BCUT2D eigenvalue weighted by Gasteiger charge is 2.09. The van der Waals surface area contributed by atoms with E-state index in [4.69, 9.17) is 5.73 Å². The maximum Gasteiger partial charge on any atom is 0.130 e. The van der Waals surface area contributed by atoms with Gasteiger partial charge in [0.2, 0.25) is 0 Å². The highest BCUT2D eigenvalue weighted by Crippen LogP contribution is 2.10. The van der Waals surface area contributed by atoms with Crippen LogP contribution in [0.1, 0.15) is 29.8 Å². The maximum absolute atomic E-state index is 5.63. The maximum atomic E-state index is 5.63. The van der Waals surface area contributed by atoms with Gasteiger partial charge in [-0.2, -0.15) is 5.10 Å². The molecule has 2 heterocycles. The number of nitrogens with one attached hydrogen (secondary N) is 1. The molecule has 0 unspecified atom stereocenters. The van der Waals surface area contributed by atoms with E-state index in [1.54, 1.807) is 0 Å². The number of aromatic nitrogens is 4. The van der Waals surface area contributed by atoms with Crippen molar-refractivity contribution in [2.45, 2.75) is 46.8 Å². The zero-order valence-corrected chi connectivity index (χ0v) is 12.5. The average molecular weight is 274 g/mol. The average Bonchev–Trinajstić information content (AvgIpc) is 2.66. The molecule has 6 heteroatoms. The summed E-state index contributed by atoms with van der Waals surface area (Å²) in [5.41, 5.74) is 8.68. The second-order valence-corrected chi connectivity index (χ2v) is 5.15. The number of nitrogens with two attached hydrogens (primary N) is 1. The molecule has 20 heavy (non-hydrogen) atoms. The van der Waals surface area contributed by atoms with E-state index in [2.05, 4.69) is 40.3 Å². The summed E-state index contributed by atoms with van der Waals surface area (Å²) >= 11 is 0. The molecule has 6 nitrogen and oxygen atoms in total. The molecular formula is C14H22N6. The minimum absolute atomic E-state index is 0.216. The van der Waals surface area contributed by atoms with Crippen molar-refractivity contribution in [2.24, 2.45) is 5.73 Å². The Morgan fingerprint density at radius 1 is 1.25 bits per heavy atom. The molecule has 0 amide bonds. The molecule has 0 saturated heterocycles. The molecule has 0 bridgehead atoms. The molecular weight excluding hydrogens is 252 g/mol. The fourth-order valence-corrected chi connectivity index (χ4v) is 2.23. The van der Waals surface area contributed by atoms with Gasteiger partial charge in [0.1, 0.15) is 11.6 Å². The van der Waals surface area contributed by atoms with Crippen LogP contribution in [0.2, 0.25) is 0 Å². The quantitative estimate of drug-likeness (QED) is 0.864. The summed E-state index contributed by atoms with van der Waals surface area (Å²) in [6, 6.07) is 4.19. The molecule has 0 aliphatic rings. The van der Waals surface area contributed by atoms with Gasteiger partial charge in [0.15, 0.2) is 0 Å². The van der Waals surface area contributed by atoms with Gasteiger partial charge in [-0.3, -0.25) is 4.68 Å². The summed E-state index contributed by atoms with van der Waals surface area (Å²) in [6.07, 6.45) is 0. The standard InChI is InChI=1S/C14H22N6/c1-9-5-11(3)20(19-9)8-10(2)16-14-6-13(7-15)17-12(4)18-14/h5-6,10H,7-8,15H2,1-4H3,(H,16,17,18)/t10-/m1/s1. The second kappa shape index (κ2) is 6.00. The third-order valence-electron chi connectivity index (χ3n) is 3.04. The van der Waals surface area contributed by atoms with E-state index in [0.29, 0.717) is 6.54 Å². The fourth-order valence-electron chi connectivity index (χ4n) is 2.23. The van der Waals surface area contributed by atoms with E-state index in [1.807, 2.05) is 24.6 Å². The predicted octanol–water partition coefficient (Wildman–Crippen LogP) is 1.56. The van der Waals surface area contributed by atoms with Gasteiger partial charge in [-0.25, -0.2) is 9.97 Å². The first-order chi connectivity index (χ1) is 9.47. The molecule has 2 rings (SSSR count). The topological polar surface area (TPSA) is 81.7 Å². The molecule has 1 atom stereocenters. The summed E-state index contributed by atoms with van der Waals surface area (Å²) in [5, 5.41) is 7.84. The van der Waals surface area contributed by atoms with E-state index in [0.717, 1.165) is 35.3 Å². The van der Waals surface area contributed by atoms with Crippen molar-refractivity contribution in [3.63, 3.8) is 0 Å². The van der Waals surface area contributed by atoms with E-state index in [9.17, 15) is 0 Å². The normalized spacial score (nSPS) is 12.4. The SMILES string of the molecule is Cc1cc(C)n(C[C@@H](C)Nc2cc(CN)nc(C)n2)n1. The number of anilines is 1. The minimum Gasteiger partial charge on any atom is -0.366 e. The lowest BCUT2D eigenvalue weighted by Crippen LogP contribution is -2.24. The number of nitrogens with zero attached hydrogens (tertiary/aromatic N) is 4. The van der Waals surface area contributed by atoms with Gasteiger partial charge < -0.3 is 11.1 Å². The van der Waals surface area contributed by atoms with Crippen LogP contribution in [-0.2, 0) is 13.1 Å². The van der Waals surface area contributed by atoms with Gasteiger partial charge in [0, 0.05) is 24.3 Å². The Balaban J connectivity index is 2.06.